The van der Waals surface area contributed by atoms with Crippen LogP contribution in [0.25, 0.3) is 0 Å². The zero-order valence-electron chi connectivity index (χ0n) is 15.0. The lowest BCUT2D eigenvalue weighted by Crippen LogP contribution is -2.34. The Balaban J connectivity index is 1.93. The van der Waals surface area contributed by atoms with Crippen LogP contribution >= 0.6 is 23.8 Å². The molecule has 7 nitrogen and oxygen atoms in total. The molecule has 2 amide bonds. The molecule has 0 unspecified atom stereocenters. The number of nitrogens with one attached hydrogen (secondary N) is 3. The molecule has 28 heavy (non-hydrogen) atoms. The highest BCUT2D eigenvalue weighted by atomic mass is 35.5. The van der Waals surface area contributed by atoms with Crippen molar-refractivity contribution in [2.45, 2.75) is 12.8 Å². The first-order valence-corrected chi connectivity index (χ1v) is 9.00. The summed E-state index contributed by atoms with van der Waals surface area (Å²) in [6, 6.07) is 13.4. The third-order valence-electron chi connectivity index (χ3n) is 3.50. The Bertz CT molecular complexity index is 904. The van der Waals surface area contributed by atoms with Crippen molar-refractivity contribution in [1.29, 1.82) is 0 Å². The molecule has 0 aliphatic carbocycles. The molecule has 2 aromatic carbocycles. The fraction of sp³-hybridized carbons (Fsp3) is 0.158. The van der Waals surface area contributed by atoms with Gasteiger partial charge in [0.2, 0.25) is 5.91 Å². The van der Waals surface area contributed by atoms with Crippen molar-refractivity contribution >= 4 is 58.1 Å². The van der Waals surface area contributed by atoms with Crippen LogP contribution in [0, 0.1) is 0 Å². The third-order valence-corrected chi connectivity index (χ3v) is 3.94. The minimum absolute atomic E-state index is 0.0376. The van der Waals surface area contributed by atoms with E-state index in [1.165, 1.54) is 7.11 Å². The molecule has 2 rings (SSSR count). The van der Waals surface area contributed by atoms with E-state index >= 15 is 0 Å². The zero-order valence-corrected chi connectivity index (χ0v) is 16.5. The topological polar surface area (TPSA) is 96.5 Å². The molecule has 0 aliphatic heterocycles. The molecule has 0 heterocycles. The number of amides is 2. The summed E-state index contributed by atoms with van der Waals surface area (Å²) in [4.78, 5) is 35.2. The van der Waals surface area contributed by atoms with E-state index in [1.807, 2.05) is 0 Å². The molecule has 146 valence electrons. The van der Waals surface area contributed by atoms with E-state index in [0.29, 0.717) is 22.0 Å². The summed E-state index contributed by atoms with van der Waals surface area (Å²) in [7, 11) is 1.25. The van der Waals surface area contributed by atoms with Gasteiger partial charge >= 0.3 is 5.97 Å². The quantitative estimate of drug-likeness (QED) is 0.490. The largest absolute Gasteiger partial charge is 0.469 e. The number of carbonyl (C=O) groups is 3. The maximum atomic E-state index is 12.4. The molecule has 0 aliphatic rings. The summed E-state index contributed by atoms with van der Waals surface area (Å²) in [6.07, 6.45) is -0.0827. The Morgan fingerprint density at radius 3 is 2.36 bits per heavy atom. The van der Waals surface area contributed by atoms with Gasteiger partial charge in [-0.25, -0.2) is 0 Å². The second kappa shape index (κ2) is 10.4. The molecule has 0 radical (unpaired) electrons. The second-order valence-corrected chi connectivity index (χ2v) is 6.47. The van der Waals surface area contributed by atoms with E-state index in [0.717, 1.165) is 0 Å². The molecule has 0 atom stereocenters. The standard InChI is InChI=1S/C19H18ClN3O4S/c1-27-17(25)9-8-16(24)23-19(28)22-14-6-2-4-12(10-14)18(26)21-15-7-3-5-13(20)11-15/h2-7,10-11H,8-9H2,1H3,(H,21,26)(H2,22,23,24,28). The van der Waals surface area contributed by atoms with Crippen LogP contribution in [0.4, 0.5) is 11.4 Å². The lowest BCUT2D eigenvalue weighted by atomic mass is 10.2. The van der Waals surface area contributed by atoms with Crippen molar-refractivity contribution in [3.63, 3.8) is 0 Å². The predicted octanol–water partition coefficient (Wildman–Crippen LogP) is 3.36. The van der Waals surface area contributed by atoms with E-state index in [2.05, 4.69) is 20.7 Å². The lowest BCUT2D eigenvalue weighted by molar-refractivity contribution is -0.142. The zero-order chi connectivity index (χ0) is 20.5. The Kier molecular flexibility index (Phi) is 7.91. The molecule has 0 aromatic heterocycles. The van der Waals surface area contributed by atoms with Gasteiger partial charge < -0.3 is 20.7 Å². The summed E-state index contributed by atoms with van der Waals surface area (Å²) in [5, 5.41) is 8.61. The minimum Gasteiger partial charge on any atom is -0.469 e. The van der Waals surface area contributed by atoms with Crippen molar-refractivity contribution < 1.29 is 19.1 Å². The summed E-state index contributed by atoms with van der Waals surface area (Å²) >= 11 is 11.0. The number of thiocarbonyl (C=S) groups is 1. The lowest BCUT2D eigenvalue weighted by Gasteiger charge is -2.11. The van der Waals surface area contributed by atoms with Gasteiger partial charge in [-0.05, 0) is 48.6 Å². The Hall–Kier alpha value is -2.97. The highest BCUT2D eigenvalue weighted by Crippen LogP contribution is 2.17. The van der Waals surface area contributed by atoms with Crippen LogP contribution in [0.3, 0.4) is 0 Å². The van der Waals surface area contributed by atoms with Gasteiger partial charge in [0.25, 0.3) is 5.91 Å². The molecular weight excluding hydrogens is 402 g/mol. The minimum atomic E-state index is -0.479. The van der Waals surface area contributed by atoms with E-state index in [1.54, 1.807) is 48.5 Å². The van der Waals surface area contributed by atoms with E-state index in [4.69, 9.17) is 23.8 Å². The SMILES string of the molecule is COC(=O)CCC(=O)NC(=S)Nc1cccc(C(=O)Nc2cccc(Cl)c2)c1. The summed E-state index contributed by atoms with van der Waals surface area (Å²) in [6.45, 7) is 0. The number of carbonyl (C=O) groups excluding carboxylic acids is 3. The van der Waals surface area contributed by atoms with Crippen molar-refractivity contribution in [2.75, 3.05) is 17.7 Å². The smallest absolute Gasteiger partial charge is 0.306 e. The van der Waals surface area contributed by atoms with Gasteiger partial charge in [-0.15, -0.1) is 0 Å². The van der Waals surface area contributed by atoms with Crippen molar-refractivity contribution in [2.24, 2.45) is 0 Å². The number of halogens is 1. The number of hydrogen-bond donors (Lipinski definition) is 3. The van der Waals surface area contributed by atoms with Gasteiger partial charge in [-0.1, -0.05) is 23.7 Å². The maximum Gasteiger partial charge on any atom is 0.306 e. The fourth-order valence-electron chi connectivity index (χ4n) is 2.18. The van der Waals surface area contributed by atoms with Crippen LogP contribution in [0.15, 0.2) is 48.5 Å². The molecule has 0 saturated carbocycles. The monoisotopic (exact) mass is 419 g/mol. The molecule has 0 spiro atoms. The van der Waals surface area contributed by atoms with Crippen LogP contribution in [-0.2, 0) is 14.3 Å². The molecule has 0 saturated heterocycles. The third kappa shape index (κ3) is 6.98. The first-order valence-electron chi connectivity index (χ1n) is 8.22. The number of methoxy groups -OCH3 is 1. The molecule has 0 bridgehead atoms. The van der Waals surface area contributed by atoms with Crippen molar-refractivity contribution in [1.82, 2.24) is 5.32 Å². The molecule has 3 N–H and O–H groups in total. The first-order chi connectivity index (χ1) is 13.4. The number of anilines is 2. The summed E-state index contributed by atoms with van der Waals surface area (Å²) in [5.74, 6) is -1.22. The van der Waals surface area contributed by atoms with Crippen LogP contribution in [0.5, 0.6) is 0 Å². The van der Waals surface area contributed by atoms with E-state index in [-0.39, 0.29) is 23.9 Å². The molecule has 9 heteroatoms. The van der Waals surface area contributed by atoms with E-state index in [9.17, 15) is 14.4 Å². The number of esters is 1. The highest BCUT2D eigenvalue weighted by molar-refractivity contribution is 7.80. The van der Waals surface area contributed by atoms with Crippen LogP contribution in [-0.4, -0.2) is 30.0 Å². The number of benzene rings is 2. The van der Waals surface area contributed by atoms with Crippen LogP contribution in [0.2, 0.25) is 5.02 Å². The number of rotatable bonds is 6. The summed E-state index contributed by atoms with van der Waals surface area (Å²) < 4.78 is 4.47. The number of hydrogen-bond acceptors (Lipinski definition) is 5. The second-order valence-electron chi connectivity index (χ2n) is 5.62. The van der Waals surface area contributed by atoms with Gasteiger partial charge in [-0.2, -0.15) is 0 Å². The average Bonchev–Trinajstić information content (AvgIpc) is 2.66. The molecule has 2 aromatic rings. The Labute approximate surface area is 172 Å². The van der Waals surface area contributed by atoms with Crippen molar-refractivity contribution in [3.8, 4) is 0 Å². The Morgan fingerprint density at radius 1 is 1.00 bits per heavy atom. The molecule has 0 fully saturated rings. The van der Waals surface area contributed by atoms with Gasteiger partial charge in [0, 0.05) is 28.4 Å². The van der Waals surface area contributed by atoms with Crippen molar-refractivity contribution in [3.05, 3.63) is 59.1 Å². The normalized spacial score (nSPS) is 9.93. The highest BCUT2D eigenvalue weighted by Gasteiger charge is 2.10. The van der Waals surface area contributed by atoms with Gasteiger partial charge in [0.15, 0.2) is 5.11 Å². The average molecular weight is 420 g/mol. The maximum absolute atomic E-state index is 12.4. The summed E-state index contributed by atoms with van der Waals surface area (Å²) in [5.41, 5.74) is 1.49. The van der Waals surface area contributed by atoms with Crippen LogP contribution in [0.1, 0.15) is 23.2 Å². The first kappa shape index (κ1) is 21.3. The molecular formula is C19H18ClN3O4S. The van der Waals surface area contributed by atoms with Gasteiger partial charge in [0.05, 0.1) is 13.5 Å². The van der Waals surface area contributed by atoms with Crippen LogP contribution < -0.4 is 16.0 Å². The predicted molar refractivity (Wildman–Crippen MR) is 111 cm³/mol. The fourth-order valence-corrected chi connectivity index (χ4v) is 2.60. The van der Waals surface area contributed by atoms with Gasteiger partial charge in [0.1, 0.15) is 0 Å². The number of ether oxygens (including phenoxy) is 1. The van der Waals surface area contributed by atoms with E-state index < -0.39 is 11.9 Å². The Morgan fingerprint density at radius 2 is 1.68 bits per heavy atom. The van der Waals surface area contributed by atoms with Gasteiger partial charge in [-0.3, -0.25) is 14.4 Å².